The second-order valence-corrected chi connectivity index (χ2v) is 5.85. The van der Waals surface area contributed by atoms with Gasteiger partial charge in [-0.15, -0.1) is 23.6 Å². The van der Waals surface area contributed by atoms with Crippen LogP contribution in [-0.2, 0) is 0 Å². The summed E-state index contributed by atoms with van der Waals surface area (Å²) in [6.45, 7) is 9.94. The maximum absolute atomic E-state index is 4.42. The largest absolute Gasteiger partial charge is 1.00 e. The molecule has 0 unspecified atom stereocenters. The molecule has 0 aliphatic carbocycles. The van der Waals surface area contributed by atoms with E-state index in [0.29, 0.717) is 0 Å². The molecule has 0 radical (unpaired) electrons. The predicted molar refractivity (Wildman–Crippen MR) is 96.4 cm³/mol. The van der Waals surface area contributed by atoms with Gasteiger partial charge in [-0.3, -0.25) is 0 Å². The summed E-state index contributed by atoms with van der Waals surface area (Å²) in [4.78, 5) is 0. The molecule has 1 heterocycles. The Balaban J connectivity index is 0.00000176. The first-order valence-corrected chi connectivity index (χ1v) is 7.66. The van der Waals surface area contributed by atoms with E-state index in [-0.39, 0.29) is 51.4 Å². The average molecular weight is 330 g/mol. The minimum absolute atomic E-state index is 0. The second-order valence-electron chi connectivity index (χ2n) is 4.77. The Labute approximate surface area is 177 Å². The van der Waals surface area contributed by atoms with E-state index in [9.17, 15) is 0 Å². The summed E-state index contributed by atoms with van der Waals surface area (Å²) in [6.07, 6.45) is 5.62. The summed E-state index contributed by atoms with van der Waals surface area (Å²) in [5.74, 6) is 0. The molecule has 2 aromatic carbocycles. The first-order chi connectivity index (χ1) is 10.3. The Morgan fingerprint density at radius 2 is 1.91 bits per heavy atom. The molecule has 0 saturated heterocycles. The van der Waals surface area contributed by atoms with Gasteiger partial charge in [-0.2, -0.15) is 6.20 Å². The second kappa shape index (κ2) is 7.73. The summed E-state index contributed by atoms with van der Waals surface area (Å²) in [5, 5.41) is 6.92. The van der Waals surface area contributed by atoms with Gasteiger partial charge in [0.25, 0.3) is 0 Å². The van der Waals surface area contributed by atoms with Gasteiger partial charge in [0.15, 0.2) is 0 Å². The Morgan fingerprint density at radius 1 is 1.14 bits per heavy atom. The van der Waals surface area contributed by atoms with Crippen molar-refractivity contribution in [3.63, 3.8) is 0 Å². The van der Waals surface area contributed by atoms with E-state index in [4.69, 9.17) is 0 Å². The summed E-state index contributed by atoms with van der Waals surface area (Å²) in [7, 11) is 0. The zero-order valence-corrected chi connectivity index (χ0v) is 16.9. The monoisotopic (exact) mass is 329 g/mol. The number of thiophene rings is 1. The number of rotatable bonds is 4. The van der Waals surface area contributed by atoms with Crippen molar-refractivity contribution in [3.05, 3.63) is 78.8 Å². The molecule has 22 heavy (non-hydrogen) atoms. The molecule has 0 bridgehead atoms. The van der Waals surface area contributed by atoms with Crippen LogP contribution in [0, 0.1) is 0 Å². The van der Waals surface area contributed by atoms with Gasteiger partial charge in [0.1, 0.15) is 0 Å². The van der Waals surface area contributed by atoms with Gasteiger partial charge < -0.3 is 5.32 Å². The number of nitrogens with zero attached hydrogens (tertiary/aromatic N) is 1. The fourth-order valence-electron chi connectivity index (χ4n) is 2.62. The average Bonchev–Trinajstić information content (AvgIpc) is 2.86. The van der Waals surface area contributed by atoms with E-state index in [1.54, 1.807) is 17.5 Å². The summed E-state index contributed by atoms with van der Waals surface area (Å²) >= 11 is 1.81. The molecule has 0 aliphatic heterocycles. The maximum Gasteiger partial charge on any atom is 1.00 e. The minimum Gasteiger partial charge on any atom is -0.664 e. The summed E-state index contributed by atoms with van der Waals surface area (Å²) in [5.41, 5.74) is 3.00. The topological polar surface area (TPSA) is 14.1 Å². The van der Waals surface area contributed by atoms with E-state index in [1.165, 1.54) is 20.2 Å². The number of allylic oxidation sites excluding steroid dienone is 3. The molecule has 1 aromatic heterocycles. The van der Waals surface area contributed by atoms with Crippen molar-refractivity contribution in [2.24, 2.45) is 0 Å². The molecule has 0 atom stereocenters. The Kier molecular flexibility index (Phi) is 6.21. The maximum atomic E-state index is 4.42. The fourth-order valence-corrected chi connectivity index (χ4v) is 3.73. The van der Waals surface area contributed by atoms with Gasteiger partial charge in [-0.05, 0) is 30.2 Å². The zero-order chi connectivity index (χ0) is 14.8. The van der Waals surface area contributed by atoms with Crippen molar-refractivity contribution in [1.82, 2.24) is 0 Å². The van der Waals surface area contributed by atoms with Crippen molar-refractivity contribution in [2.75, 3.05) is 0 Å². The van der Waals surface area contributed by atoms with Crippen molar-refractivity contribution in [1.29, 1.82) is 0 Å². The molecule has 3 aromatic rings. The van der Waals surface area contributed by atoms with Crippen molar-refractivity contribution >= 4 is 42.8 Å². The Morgan fingerprint density at radius 3 is 2.64 bits per heavy atom. The molecule has 0 spiro atoms. The number of benzene rings is 2. The normalized spacial score (nSPS) is 10.8. The first-order valence-electron chi connectivity index (χ1n) is 6.84. The van der Waals surface area contributed by atoms with Crippen LogP contribution in [0.15, 0.2) is 67.9 Å². The van der Waals surface area contributed by atoms with E-state index < -0.39 is 0 Å². The Hall–Kier alpha value is -0.684. The van der Waals surface area contributed by atoms with Crippen LogP contribution in [-0.4, -0.2) is 0 Å². The van der Waals surface area contributed by atoms with Crippen LogP contribution >= 0.6 is 11.3 Å². The van der Waals surface area contributed by atoms with Crippen molar-refractivity contribution in [3.8, 4) is 0 Å². The van der Waals surface area contributed by atoms with Crippen LogP contribution in [0.4, 0.5) is 5.69 Å². The number of fused-ring (bicyclic) bond motifs is 3. The molecule has 104 valence electrons. The smallest absolute Gasteiger partial charge is 0.664 e. The molecule has 3 rings (SSSR count). The molecule has 3 heteroatoms. The van der Waals surface area contributed by atoms with E-state index in [1.807, 2.05) is 25.1 Å². The molecule has 0 N–H and O–H groups in total. The van der Waals surface area contributed by atoms with Crippen LogP contribution in [0.2, 0.25) is 0 Å². The van der Waals surface area contributed by atoms with Crippen LogP contribution in [0.3, 0.4) is 0 Å². The zero-order valence-electron chi connectivity index (χ0n) is 13.0. The molecular weight excluding hydrogens is 313 g/mol. The van der Waals surface area contributed by atoms with Crippen LogP contribution in [0.25, 0.3) is 31.1 Å². The predicted octanol–water partition coefficient (Wildman–Crippen LogP) is 3.80. The minimum atomic E-state index is 0. The van der Waals surface area contributed by atoms with Crippen LogP contribution < -0.4 is 51.4 Å². The SMILES string of the molecule is C=C[N-]c1ccc2sc3ccccc3c2c1C(=C)/C=C\C.[K+]. The third-order valence-electron chi connectivity index (χ3n) is 3.44. The molecular formula is C19H16KNS. The van der Waals surface area contributed by atoms with Gasteiger partial charge >= 0.3 is 51.4 Å². The van der Waals surface area contributed by atoms with Crippen LogP contribution in [0.5, 0.6) is 0 Å². The van der Waals surface area contributed by atoms with Gasteiger partial charge in [-0.25, -0.2) is 0 Å². The molecule has 0 fully saturated rings. The van der Waals surface area contributed by atoms with E-state index in [0.717, 1.165) is 16.8 Å². The van der Waals surface area contributed by atoms with Gasteiger partial charge in [0, 0.05) is 20.2 Å². The summed E-state index contributed by atoms with van der Waals surface area (Å²) < 4.78 is 2.55. The van der Waals surface area contributed by atoms with Crippen molar-refractivity contribution < 1.29 is 51.4 Å². The molecule has 0 saturated carbocycles. The quantitative estimate of drug-likeness (QED) is 0.511. The standard InChI is InChI=1S/C19H16NS.K/c1-4-8-13(3)18-15(20-5-2)11-12-17-19(18)14-9-6-7-10-16(14)21-17;/h4-12H,2-3H2,1H3;/q-1;+1/b8-4-;. The number of hydrogen-bond donors (Lipinski definition) is 0. The molecule has 0 aliphatic rings. The van der Waals surface area contributed by atoms with Gasteiger partial charge in [0.2, 0.25) is 0 Å². The Bertz CT molecular complexity index is 874. The van der Waals surface area contributed by atoms with Crippen molar-refractivity contribution in [2.45, 2.75) is 6.92 Å². The molecule has 1 nitrogen and oxygen atoms in total. The van der Waals surface area contributed by atoms with Gasteiger partial charge in [-0.1, -0.05) is 43.0 Å². The third-order valence-corrected chi connectivity index (χ3v) is 4.58. The van der Waals surface area contributed by atoms with Crippen LogP contribution in [0.1, 0.15) is 12.5 Å². The fraction of sp³-hybridized carbons (Fsp3) is 0.0526. The summed E-state index contributed by atoms with van der Waals surface area (Å²) in [6, 6.07) is 12.7. The first kappa shape index (κ1) is 17.7. The van der Waals surface area contributed by atoms with E-state index in [2.05, 4.69) is 48.8 Å². The number of hydrogen-bond acceptors (Lipinski definition) is 1. The van der Waals surface area contributed by atoms with E-state index >= 15 is 0 Å². The molecule has 0 amide bonds. The van der Waals surface area contributed by atoms with Gasteiger partial charge in [0.05, 0.1) is 0 Å². The third kappa shape index (κ3) is 3.16.